The Hall–Kier alpha value is -1.85. The van der Waals surface area contributed by atoms with Gasteiger partial charge in [-0.3, -0.25) is 0 Å². The molecule has 0 spiro atoms. The molecule has 1 aliphatic heterocycles. The Bertz CT molecular complexity index is 477. The smallest absolute Gasteiger partial charge is 0.328 e. The van der Waals surface area contributed by atoms with Crippen molar-refractivity contribution in [2.75, 3.05) is 26.4 Å². The van der Waals surface area contributed by atoms with Gasteiger partial charge in [0.25, 0.3) is 0 Å². The Morgan fingerprint density at radius 3 is 2.90 bits per heavy atom. The molecule has 0 saturated carbocycles. The van der Waals surface area contributed by atoms with Crippen molar-refractivity contribution in [2.24, 2.45) is 0 Å². The molecule has 1 saturated heterocycles. The largest absolute Gasteiger partial charge is 0.491 e. The van der Waals surface area contributed by atoms with E-state index in [-0.39, 0.29) is 6.10 Å². The van der Waals surface area contributed by atoms with Crippen molar-refractivity contribution in [1.82, 2.24) is 0 Å². The minimum absolute atomic E-state index is 0.271. The third-order valence-electron chi connectivity index (χ3n) is 3.15. The summed E-state index contributed by atoms with van der Waals surface area (Å²) in [6.45, 7) is 2.55. The zero-order valence-electron chi connectivity index (χ0n) is 11.9. The Kier molecular flexibility index (Phi) is 6.24. The molecule has 1 aromatic rings. The van der Waals surface area contributed by atoms with Gasteiger partial charge in [-0.2, -0.15) is 0 Å². The predicted molar refractivity (Wildman–Crippen MR) is 78.4 cm³/mol. The summed E-state index contributed by atoms with van der Waals surface area (Å²) in [5.74, 6) is -0.260. The minimum Gasteiger partial charge on any atom is -0.491 e. The lowest BCUT2D eigenvalue weighted by atomic mass is 10.2. The lowest BCUT2D eigenvalue weighted by Crippen LogP contribution is -2.25. The molecular formula is C16H20O5. The molecule has 0 aliphatic carbocycles. The molecule has 0 unspecified atom stereocenters. The van der Waals surface area contributed by atoms with Gasteiger partial charge in [0.2, 0.25) is 0 Å². The van der Waals surface area contributed by atoms with E-state index in [0.717, 1.165) is 37.7 Å². The van der Waals surface area contributed by atoms with Crippen molar-refractivity contribution >= 4 is 12.0 Å². The second-order valence-corrected chi connectivity index (χ2v) is 4.78. The van der Waals surface area contributed by atoms with Crippen LogP contribution in [0.2, 0.25) is 0 Å². The maximum atomic E-state index is 10.5. The van der Waals surface area contributed by atoms with Gasteiger partial charge in [0, 0.05) is 19.3 Å². The van der Waals surface area contributed by atoms with Crippen molar-refractivity contribution in [1.29, 1.82) is 0 Å². The standard InChI is InChI=1S/C16H20O5/c17-16(18)5-4-13-2-1-3-15(12-13)21-11-10-20-14-6-8-19-9-7-14/h1-5,12,14H,6-11H2,(H,17,18). The van der Waals surface area contributed by atoms with Crippen molar-refractivity contribution in [2.45, 2.75) is 18.9 Å². The first-order valence-electron chi connectivity index (χ1n) is 7.07. The molecule has 5 heteroatoms. The Labute approximate surface area is 124 Å². The van der Waals surface area contributed by atoms with Crippen molar-refractivity contribution in [3.63, 3.8) is 0 Å². The first-order valence-corrected chi connectivity index (χ1v) is 7.07. The number of carboxylic acid groups (broad SMARTS) is 1. The van der Waals surface area contributed by atoms with Gasteiger partial charge in [0.15, 0.2) is 0 Å². The Morgan fingerprint density at radius 1 is 1.33 bits per heavy atom. The third-order valence-corrected chi connectivity index (χ3v) is 3.15. The molecule has 0 radical (unpaired) electrons. The van der Waals surface area contributed by atoms with Gasteiger partial charge < -0.3 is 19.3 Å². The average molecular weight is 292 g/mol. The van der Waals surface area contributed by atoms with Gasteiger partial charge in [-0.05, 0) is 36.6 Å². The van der Waals surface area contributed by atoms with E-state index in [1.807, 2.05) is 18.2 Å². The van der Waals surface area contributed by atoms with E-state index in [1.165, 1.54) is 6.08 Å². The SMILES string of the molecule is O=C(O)C=Cc1cccc(OCCOC2CCOCC2)c1. The van der Waals surface area contributed by atoms with Gasteiger partial charge in [-0.25, -0.2) is 4.79 Å². The average Bonchev–Trinajstić information content (AvgIpc) is 2.51. The number of carboxylic acids is 1. The van der Waals surface area contributed by atoms with Gasteiger partial charge in [-0.1, -0.05) is 12.1 Å². The fraction of sp³-hybridized carbons (Fsp3) is 0.438. The van der Waals surface area contributed by atoms with Gasteiger partial charge >= 0.3 is 5.97 Å². The highest BCUT2D eigenvalue weighted by molar-refractivity contribution is 5.85. The summed E-state index contributed by atoms with van der Waals surface area (Å²) in [7, 11) is 0. The first-order chi connectivity index (χ1) is 10.2. The van der Waals surface area contributed by atoms with E-state index < -0.39 is 5.97 Å². The lowest BCUT2D eigenvalue weighted by molar-refractivity contribution is -0.131. The molecule has 1 heterocycles. The minimum atomic E-state index is -0.966. The maximum absolute atomic E-state index is 10.5. The van der Waals surface area contributed by atoms with Crippen molar-refractivity contribution < 1.29 is 24.1 Å². The van der Waals surface area contributed by atoms with Crippen LogP contribution in [0.25, 0.3) is 6.08 Å². The molecule has 2 rings (SSSR count). The molecule has 1 aromatic carbocycles. The summed E-state index contributed by atoms with van der Waals surface area (Å²) >= 11 is 0. The third kappa shape index (κ3) is 5.97. The van der Waals surface area contributed by atoms with E-state index in [9.17, 15) is 4.79 Å². The van der Waals surface area contributed by atoms with Crippen LogP contribution in [0.1, 0.15) is 18.4 Å². The maximum Gasteiger partial charge on any atom is 0.328 e. The molecule has 21 heavy (non-hydrogen) atoms. The molecule has 1 N–H and O–H groups in total. The van der Waals surface area contributed by atoms with Crippen LogP contribution in [-0.4, -0.2) is 43.6 Å². The second-order valence-electron chi connectivity index (χ2n) is 4.78. The number of aliphatic carboxylic acids is 1. The molecule has 1 aliphatic rings. The van der Waals surface area contributed by atoms with Crippen LogP contribution in [0.5, 0.6) is 5.75 Å². The van der Waals surface area contributed by atoms with Gasteiger partial charge in [0.1, 0.15) is 12.4 Å². The number of hydrogen-bond acceptors (Lipinski definition) is 4. The van der Waals surface area contributed by atoms with E-state index >= 15 is 0 Å². The van der Waals surface area contributed by atoms with Crippen LogP contribution in [-0.2, 0) is 14.3 Å². The number of carbonyl (C=O) groups is 1. The van der Waals surface area contributed by atoms with E-state index in [2.05, 4.69) is 0 Å². The van der Waals surface area contributed by atoms with Crippen LogP contribution < -0.4 is 4.74 Å². The van der Waals surface area contributed by atoms with Crippen LogP contribution in [0.3, 0.4) is 0 Å². The molecule has 1 fully saturated rings. The zero-order valence-corrected chi connectivity index (χ0v) is 11.9. The van der Waals surface area contributed by atoms with Crippen LogP contribution in [0, 0.1) is 0 Å². The van der Waals surface area contributed by atoms with Crippen LogP contribution in [0.4, 0.5) is 0 Å². The number of rotatable bonds is 7. The molecule has 0 amide bonds. The number of benzene rings is 1. The molecular weight excluding hydrogens is 272 g/mol. The van der Waals surface area contributed by atoms with Crippen LogP contribution >= 0.6 is 0 Å². The van der Waals surface area contributed by atoms with Crippen LogP contribution in [0.15, 0.2) is 30.3 Å². The highest BCUT2D eigenvalue weighted by Crippen LogP contribution is 2.15. The summed E-state index contributed by atoms with van der Waals surface area (Å²) in [6, 6.07) is 7.29. The zero-order chi connectivity index (χ0) is 14.9. The van der Waals surface area contributed by atoms with Gasteiger partial charge in [0.05, 0.1) is 12.7 Å². The van der Waals surface area contributed by atoms with Crippen molar-refractivity contribution in [3.8, 4) is 5.75 Å². The second kappa shape index (κ2) is 8.44. The van der Waals surface area contributed by atoms with E-state index in [1.54, 1.807) is 6.07 Å². The summed E-state index contributed by atoms with van der Waals surface area (Å²) in [4.78, 5) is 10.5. The Morgan fingerprint density at radius 2 is 2.14 bits per heavy atom. The summed E-state index contributed by atoms with van der Waals surface area (Å²) in [5, 5.41) is 8.60. The van der Waals surface area contributed by atoms with Crippen molar-refractivity contribution in [3.05, 3.63) is 35.9 Å². The number of hydrogen-bond donors (Lipinski definition) is 1. The molecule has 114 valence electrons. The van der Waals surface area contributed by atoms with E-state index in [4.69, 9.17) is 19.3 Å². The Balaban J connectivity index is 1.72. The van der Waals surface area contributed by atoms with Gasteiger partial charge in [-0.15, -0.1) is 0 Å². The molecule has 0 bridgehead atoms. The quantitative estimate of drug-likeness (QED) is 0.617. The molecule has 5 nitrogen and oxygen atoms in total. The highest BCUT2D eigenvalue weighted by atomic mass is 16.5. The first kappa shape index (κ1) is 15.5. The molecule has 0 aromatic heterocycles. The highest BCUT2D eigenvalue weighted by Gasteiger charge is 2.13. The normalized spacial score (nSPS) is 16.2. The molecule has 0 atom stereocenters. The fourth-order valence-electron chi connectivity index (χ4n) is 2.09. The van der Waals surface area contributed by atoms with E-state index in [0.29, 0.717) is 19.0 Å². The lowest BCUT2D eigenvalue weighted by Gasteiger charge is -2.22. The summed E-state index contributed by atoms with van der Waals surface area (Å²) < 4.78 is 16.6. The predicted octanol–water partition coefficient (Wildman–Crippen LogP) is 2.36. The topological polar surface area (TPSA) is 65.0 Å². The fourth-order valence-corrected chi connectivity index (χ4v) is 2.09. The number of ether oxygens (including phenoxy) is 3. The monoisotopic (exact) mass is 292 g/mol. The summed E-state index contributed by atoms with van der Waals surface area (Å²) in [5.41, 5.74) is 0.792. The summed E-state index contributed by atoms with van der Waals surface area (Å²) in [6.07, 6.45) is 4.79.